The minimum atomic E-state index is -0.0332. The van der Waals surface area contributed by atoms with Gasteiger partial charge in [0.2, 0.25) is 0 Å². The zero-order valence-corrected chi connectivity index (χ0v) is 11.1. The lowest BCUT2D eigenvalue weighted by atomic mass is 10.1. The Hall–Kier alpha value is -1.62. The van der Waals surface area contributed by atoms with Crippen molar-refractivity contribution in [2.45, 2.75) is 25.9 Å². The number of hydrogen-bond acceptors (Lipinski definition) is 4. The molecular formula is C13H20N4O. The second-order valence-electron chi connectivity index (χ2n) is 5.05. The van der Waals surface area contributed by atoms with E-state index in [-0.39, 0.29) is 5.91 Å². The predicted octanol–water partition coefficient (Wildman–Crippen LogP) is 0.828. The van der Waals surface area contributed by atoms with Gasteiger partial charge >= 0.3 is 0 Å². The molecule has 2 unspecified atom stereocenters. The summed E-state index contributed by atoms with van der Waals surface area (Å²) < 4.78 is 0. The number of aromatic nitrogens is 1. The molecule has 98 valence electrons. The molecule has 0 aliphatic carbocycles. The van der Waals surface area contributed by atoms with E-state index in [2.05, 4.69) is 30.8 Å². The maximum absolute atomic E-state index is 12.3. The lowest BCUT2D eigenvalue weighted by Gasteiger charge is -2.42. The number of carbonyl (C=O) groups is 1. The summed E-state index contributed by atoms with van der Waals surface area (Å²) in [6.07, 6.45) is 1.57. The van der Waals surface area contributed by atoms with E-state index in [0.717, 1.165) is 13.1 Å². The van der Waals surface area contributed by atoms with Crippen molar-refractivity contribution < 1.29 is 4.79 Å². The van der Waals surface area contributed by atoms with E-state index in [1.54, 1.807) is 18.3 Å². The molecule has 1 aromatic heterocycles. The molecule has 2 N–H and O–H groups in total. The van der Waals surface area contributed by atoms with Gasteiger partial charge in [0, 0.05) is 37.1 Å². The van der Waals surface area contributed by atoms with Crippen LogP contribution in [0, 0.1) is 0 Å². The fraction of sp³-hybridized carbons (Fsp3) is 0.538. The summed E-state index contributed by atoms with van der Waals surface area (Å²) in [5, 5.41) is 0. The van der Waals surface area contributed by atoms with Crippen molar-refractivity contribution in [3.63, 3.8) is 0 Å². The van der Waals surface area contributed by atoms with Gasteiger partial charge in [0.1, 0.15) is 5.69 Å². The Bertz CT molecular complexity index is 436. The van der Waals surface area contributed by atoms with Crippen LogP contribution in [0.1, 0.15) is 24.3 Å². The Kier molecular flexibility index (Phi) is 3.52. The largest absolute Gasteiger partial charge is 0.399 e. The average Bonchev–Trinajstić information content (AvgIpc) is 2.34. The number of nitrogens with zero attached hydrogens (tertiary/aromatic N) is 3. The number of amides is 1. The topological polar surface area (TPSA) is 62.5 Å². The van der Waals surface area contributed by atoms with Crippen LogP contribution in [0.5, 0.6) is 0 Å². The van der Waals surface area contributed by atoms with Crippen LogP contribution in [-0.4, -0.2) is 52.9 Å². The van der Waals surface area contributed by atoms with E-state index >= 15 is 0 Å². The molecule has 18 heavy (non-hydrogen) atoms. The molecule has 0 spiro atoms. The van der Waals surface area contributed by atoms with Crippen LogP contribution in [0.25, 0.3) is 0 Å². The zero-order chi connectivity index (χ0) is 13.3. The van der Waals surface area contributed by atoms with Crippen LogP contribution in [0.15, 0.2) is 18.3 Å². The second kappa shape index (κ2) is 4.94. The quantitative estimate of drug-likeness (QED) is 0.799. The van der Waals surface area contributed by atoms with Crippen LogP contribution in [0.4, 0.5) is 5.69 Å². The lowest BCUT2D eigenvalue weighted by molar-refractivity contribution is 0.0409. The molecule has 1 saturated heterocycles. The number of carbonyl (C=O) groups excluding carboxylic acids is 1. The molecule has 2 heterocycles. The number of nitrogens with two attached hydrogens (primary N) is 1. The summed E-state index contributed by atoms with van der Waals surface area (Å²) in [6, 6.07) is 4.04. The molecule has 1 aliphatic rings. The summed E-state index contributed by atoms with van der Waals surface area (Å²) in [7, 11) is 2.09. The van der Waals surface area contributed by atoms with Crippen molar-refractivity contribution in [3.05, 3.63) is 24.0 Å². The van der Waals surface area contributed by atoms with Crippen LogP contribution in [0.3, 0.4) is 0 Å². The number of rotatable bonds is 1. The molecule has 5 heteroatoms. The normalized spacial score (nSPS) is 25.2. The second-order valence-corrected chi connectivity index (χ2v) is 5.05. The molecule has 2 atom stereocenters. The average molecular weight is 248 g/mol. The zero-order valence-electron chi connectivity index (χ0n) is 11.1. The van der Waals surface area contributed by atoms with E-state index in [1.165, 1.54) is 0 Å². The molecule has 1 aliphatic heterocycles. The number of likely N-dealkylation sites (N-methyl/N-ethyl adjacent to an activating group) is 1. The van der Waals surface area contributed by atoms with Gasteiger partial charge in [-0.25, -0.2) is 0 Å². The monoisotopic (exact) mass is 248 g/mol. The van der Waals surface area contributed by atoms with Crippen molar-refractivity contribution in [3.8, 4) is 0 Å². The van der Waals surface area contributed by atoms with E-state index in [0.29, 0.717) is 23.5 Å². The number of pyridine rings is 1. The Morgan fingerprint density at radius 1 is 1.39 bits per heavy atom. The molecule has 1 aromatic rings. The molecule has 1 fully saturated rings. The van der Waals surface area contributed by atoms with E-state index < -0.39 is 0 Å². The van der Waals surface area contributed by atoms with Gasteiger partial charge in [-0.05, 0) is 33.0 Å². The summed E-state index contributed by atoms with van der Waals surface area (Å²) >= 11 is 0. The summed E-state index contributed by atoms with van der Waals surface area (Å²) in [6.45, 7) is 5.72. The van der Waals surface area contributed by atoms with Gasteiger partial charge in [0.25, 0.3) is 5.91 Å². The molecule has 2 rings (SSSR count). The minimum absolute atomic E-state index is 0.0332. The third-order valence-corrected chi connectivity index (χ3v) is 3.65. The highest BCUT2D eigenvalue weighted by molar-refractivity contribution is 5.93. The van der Waals surface area contributed by atoms with Crippen molar-refractivity contribution in [1.29, 1.82) is 0 Å². The fourth-order valence-electron chi connectivity index (χ4n) is 2.30. The lowest BCUT2D eigenvalue weighted by Crippen LogP contribution is -2.56. The SMILES string of the molecule is CC1CN(C(=O)c2cc(N)ccn2)CC(C)N1C. The van der Waals surface area contributed by atoms with Crippen molar-refractivity contribution in [2.24, 2.45) is 0 Å². The third kappa shape index (κ3) is 2.46. The van der Waals surface area contributed by atoms with Gasteiger partial charge in [-0.2, -0.15) is 0 Å². The Morgan fingerprint density at radius 3 is 2.56 bits per heavy atom. The first-order valence-corrected chi connectivity index (χ1v) is 6.21. The first kappa shape index (κ1) is 12.8. The number of anilines is 1. The van der Waals surface area contributed by atoms with Gasteiger partial charge in [0.05, 0.1) is 0 Å². The van der Waals surface area contributed by atoms with Gasteiger partial charge in [-0.3, -0.25) is 14.7 Å². The fourth-order valence-corrected chi connectivity index (χ4v) is 2.30. The van der Waals surface area contributed by atoms with Crippen molar-refractivity contribution >= 4 is 11.6 Å². The summed E-state index contributed by atoms with van der Waals surface area (Å²) in [5.41, 5.74) is 6.69. The maximum atomic E-state index is 12.3. The smallest absolute Gasteiger partial charge is 0.272 e. The first-order chi connectivity index (χ1) is 8.49. The van der Waals surface area contributed by atoms with Crippen LogP contribution in [0.2, 0.25) is 0 Å². The molecule has 0 bridgehead atoms. The highest BCUT2D eigenvalue weighted by atomic mass is 16.2. The standard InChI is InChI=1S/C13H20N4O/c1-9-7-17(8-10(2)16(9)3)13(18)12-6-11(14)4-5-15-12/h4-6,9-10H,7-8H2,1-3H3,(H2,14,15). The Labute approximate surface area is 108 Å². The van der Waals surface area contributed by atoms with Gasteiger partial charge in [-0.1, -0.05) is 0 Å². The number of nitrogen functional groups attached to an aromatic ring is 1. The molecule has 1 amide bonds. The Morgan fingerprint density at radius 2 is 2.00 bits per heavy atom. The van der Waals surface area contributed by atoms with Gasteiger partial charge in [-0.15, -0.1) is 0 Å². The maximum Gasteiger partial charge on any atom is 0.272 e. The first-order valence-electron chi connectivity index (χ1n) is 6.21. The minimum Gasteiger partial charge on any atom is -0.399 e. The van der Waals surface area contributed by atoms with E-state index in [9.17, 15) is 4.79 Å². The third-order valence-electron chi connectivity index (χ3n) is 3.65. The molecule has 5 nitrogen and oxygen atoms in total. The van der Waals surface area contributed by atoms with Crippen LogP contribution < -0.4 is 5.73 Å². The van der Waals surface area contributed by atoms with Crippen LogP contribution in [-0.2, 0) is 0 Å². The van der Waals surface area contributed by atoms with Crippen molar-refractivity contribution in [1.82, 2.24) is 14.8 Å². The van der Waals surface area contributed by atoms with Crippen LogP contribution >= 0.6 is 0 Å². The number of piperazine rings is 1. The molecule has 0 radical (unpaired) electrons. The van der Waals surface area contributed by atoms with E-state index in [4.69, 9.17) is 5.73 Å². The molecular weight excluding hydrogens is 228 g/mol. The Balaban J connectivity index is 2.15. The molecule has 0 aromatic carbocycles. The van der Waals surface area contributed by atoms with Gasteiger partial charge in [0.15, 0.2) is 0 Å². The number of hydrogen-bond donors (Lipinski definition) is 1. The highest BCUT2D eigenvalue weighted by Gasteiger charge is 2.30. The van der Waals surface area contributed by atoms with Gasteiger partial charge < -0.3 is 10.6 Å². The predicted molar refractivity (Wildman–Crippen MR) is 71.2 cm³/mol. The van der Waals surface area contributed by atoms with Crippen molar-refractivity contribution in [2.75, 3.05) is 25.9 Å². The molecule has 0 saturated carbocycles. The highest BCUT2D eigenvalue weighted by Crippen LogP contribution is 2.16. The summed E-state index contributed by atoms with van der Waals surface area (Å²) in [5.74, 6) is -0.0332. The van der Waals surface area contributed by atoms with E-state index in [1.807, 2.05) is 4.90 Å². The summed E-state index contributed by atoms with van der Waals surface area (Å²) in [4.78, 5) is 20.6.